The van der Waals surface area contributed by atoms with Crippen LogP contribution in [0.2, 0.25) is 0 Å². The average Bonchev–Trinajstić information content (AvgIpc) is 2.87. The van der Waals surface area contributed by atoms with E-state index in [1.807, 2.05) is 24.3 Å². The van der Waals surface area contributed by atoms with Crippen LogP contribution in [0.15, 0.2) is 72.8 Å². The van der Waals surface area contributed by atoms with Gasteiger partial charge in [0.25, 0.3) is 5.24 Å². The van der Waals surface area contributed by atoms with E-state index in [-0.39, 0.29) is 12.1 Å². The zero-order valence-corrected chi connectivity index (χ0v) is 22.4. The van der Waals surface area contributed by atoms with E-state index in [1.165, 1.54) is 0 Å². The van der Waals surface area contributed by atoms with Crippen molar-refractivity contribution in [3.05, 3.63) is 83.9 Å². The molecule has 3 aromatic carbocycles. The van der Waals surface area contributed by atoms with Gasteiger partial charge in [-0.25, -0.2) is 13.2 Å². The van der Waals surface area contributed by atoms with E-state index < -0.39 is 15.3 Å². The zero-order chi connectivity index (χ0) is 27.1. The minimum absolute atomic E-state index is 0.0684. The van der Waals surface area contributed by atoms with Gasteiger partial charge in [-0.15, -0.1) is 0 Å². The van der Waals surface area contributed by atoms with Gasteiger partial charge in [0.1, 0.15) is 11.5 Å². The minimum Gasteiger partial charge on any atom is -0.457 e. The molecule has 1 fully saturated rings. The maximum Gasteiger partial charge on any atom is 0.319 e. The first-order chi connectivity index (χ1) is 18.1. The molecule has 0 radical (unpaired) electrons. The van der Waals surface area contributed by atoms with Crippen molar-refractivity contribution in [2.75, 3.05) is 29.4 Å². The molecule has 2 amide bonds. The van der Waals surface area contributed by atoms with E-state index in [0.29, 0.717) is 28.4 Å². The lowest BCUT2D eigenvalue weighted by Crippen LogP contribution is -2.45. The number of nitrogens with one attached hydrogen (secondary N) is 3. The topological polar surface area (TPSA) is 117 Å². The van der Waals surface area contributed by atoms with Gasteiger partial charge in [0.2, 0.25) is 10.0 Å². The second-order valence-corrected chi connectivity index (χ2v) is 11.2. The summed E-state index contributed by atoms with van der Waals surface area (Å²) in [6.45, 7) is 2.50. The Balaban J connectivity index is 1.20. The molecule has 0 saturated carbocycles. The van der Waals surface area contributed by atoms with Crippen molar-refractivity contribution in [3.8, 4) is 11.5 Å². The summed E-state index contributed by atoms with van der Waals surface area (Å²) in [6.07, 6.45) is 2.77. The first-order valence-electron chi connectivity index (χ1n) is 12.1. The number of nitrogens with zero attached hydrogens (tertiary/aromatic N) is 1. The van der Waals surface area contributed by atoms with Crippen molar-refractivity contribution in [1.82, 2.24) is 10.2 Å². The number of ether oxygens (including phenoxy) is 1. The van der Waals surface area contributed by atoms with Gasteiger partial charge < -0.3 is 15.4 Å². The van der Waals surface area contributed by atoms with E-state index >= 15 is 0 Å². The Morgan fingerprint density at radius 3 is 2.18 bits per heavy atom. The van der Waals surface area contributed by atoms with E-state index in [4.69, 9.17) is 16.3 Å². The van der Waals surface area contributed by atoms with Gasteiger partial charge in [0, 0.05) is 42.6 Å². The normalized spacial score (nSPS) is 14.5. The molecule has 200 valence electrons. The van der Waals surface area contributed by atoms with Crippen LogP contribution in [0.1, 0.15) is 28.8 Å². The lowest BCUT2D eigenvalue weighted by molar-refractivity contribution is 0.108. The monoisotopic (exact) mass is 556 g/mol. The van der Waals surface area contributed by atoms with Gasteiger partial charge in [-0.2, -0.15) is 0 Å². The standard InChI is InChI=1S/C27H29ClN4O5S/c1-38(35,36)31-22-7-11-25(12-8-22)37-24-9-5-19(6-10-24)18-32-15-13-21(14-16-32)29-27(34)30-23-4-2-3-20(17-23)26(28)33/h2-12,17,21,31H,13-16,18H2,1H3,(H2,29,30,34). The quantitative estimate of drug-likeness (QED) is 0.319. The smallest absolute Gasteiger partial charge is 0.319 e. The molecule has 1 saturated heterocycles. The highest BCUT2D eigenvalue weighted by Crippen LogP contribution is 2.24. The highest BCUT2D eigenvalue weighted by Gasteiger charge is 2.21. The maximum absolute atomic E-state index is 12.4. The summed E-state index contributed by atoms with van der Waals surface area (Å²) in [5.41, 5.74) is 2.47. The molecule has 0 bridgehead atoms. The number of carbonyl (C=O) groups excluding carboxylic acids is 2. The molecule has 1 aliphatic rings. The molecule has 38 heavy (non-hydrogen) atoms. The number of carbonyl (C=O) groups is 2. The predicted molar refractivity (Wildman–Crippen MR) is 149 cm³/mol. The number of likely N-dealkylation sites (tertiary alicyclic amines) is 1. The van der Waals surface area contributed by atoms with Gasteiger partial charge >= 0.3 is 6.03 Å². The highest BCUT2D eigenvalue weighted by molar-refractivity contribution is 7.92. The molecule has 1 aliphatic heterocycles. The Hall–Kier alpha value is -3.60. The van der Waals surface area contributed by atoms with E-state index in [9.17, 15) is 18.0 Å². The van der Waals surface area contributed by atoms with Crippen LogP contribution in [-0.4, -0.2) is 50.0 Å². The summed E-state index contributed by atoms with van der Waals surface area (Å²) in [5.74, 6) is 1.29. The number of hydrogen-bond donors (Lipinski definition) is 3. The molecule has 0 unspecified atom stereocenters. The molecule has 0 aromatic heterocycles. The van der Waals surface area contributed by atoms with Crippen molar-refractivity contribution in [2.24, 2.45) is 0 Å². The fourth-order valence-electron chi connectivity index (χ4n) is 4.17. The lowest BCUT2D eigenvalue weighted by atomic mass is 10.0. The van der Waals surface area contributed by atoms with Crippen LogP contribution in [0.5, 0.6) is 11.5 Å². The number of benzene rings is 3. The summed E-state index contributed by atoms with van der Waals surface area (Å²) in [4.78, 5) is 26.0. The Kier molecular flexibility index (Phi) is 8.88. The fourth-order valence-corrected chi connectivity index (χ4v) is 4.85. The second kappa shape index (κ2) is 12.3. The van der Waals surface area contributed by atoms with Crippen molar-refractivity contribution in [2.45, 2.75) is 25.4 Å². The van der Waals surface area contributed by atoms with E-state index in [2.05, 4.69) is 20.3 Å². The second-order valence-electron chi connectivity index (χ2n) is 9.15. The third-order valence-corrected chi connectivity index (χ3v) is 6.82. The predicted octanol–water partition coefficient (Wildman–Crippen LogP) is 5.02. The van der Waals surface area contributed by atoms with E-state index in [1.54, 1.807) is 48.5 Å². The number of urea groups is 1. The summed E-state index contributed by atoms with van der Waals surface area (Å²) in [5, 5.41) is 5.19. The van der Waals surface area contributed by atoms with Crippen LogP contribution < -0.4 is 20.1 Å². The van der Waals surface area contributed by atoms with Crippen molar-refractivity contribution >= 4 is 44.3 Å². The Morgan fingerprint density at radius 2 is 1.58 bits per heavy atom. The Labute approximate surface area is 227 Å². The number of rotatable bonds is 9. The van der Waals surface area contributed by atoms with Crippen LogP contribution in [0, 0.1) is 0 Å². The summed E-state index contributed by atoms with van der Waals surface area (Å²) >= 11 is 5.50. The van der Waals surface area contributed by atoms with Gasteiger partial charge in [0.05, 0.1) is 6.26 Å². The number of piperidine rings is 1. The molecular formula is C27H29ClN4O5S. The largest absolute Gasteiger partial charge is 0.457 e. The molecule has 4 rings (SSSR count). The van der Waals surface area contributed by atoms with Crippen LogP contribution in [0.4, 0.5) is 16.2 Å². The molecule has 0 aliphatic carbocycles. The average molecular weight is 557 g/mol. The molecule has 0 atom stereocenters. The van der Waals surface area contributed by atoms with Gasteiger partial charge in [-0.05, 0) is 84.6 Å². The zero-order valence-electron chi connectivity index (χ0n) is 20.8. The highest BCUT2D eigenvalue weighted by atomic mass is 35.5. The number of halogens is 1. The summed E-state index contributed by atoms with van der Waals surface area (Å²) in [6, 6.07) is 20.8. The summed E-state index contributed by atoms with van der Waals surface area (Å²) in [7, 11) is -3.32. The maximum atomic E-state index is 12.4. The number of anilines is 2. The van der Waals surface area contributed by atoms with Crippen LogP contribution in [0.25, 0.3) is 0 Å². The first kappa shape index (κ1) is 27.4. The first-order valence-corrected chi connectivity index (χ1v) is 14.3. The minimum atomic E-state index is -3.32. The number of sulfonamides is 1. The third kappa shape index (κ3) is 8.47. The van der Waals surface area contributed by atoms with Crippen LogP contribution in [-0.2, 0) is 16.6 Å². The van der Waals surface area contributed by atoms with Gasteiger partial charge in [-0.1, -0.05) is 18.2 Å². The Morgan fingerprint density at radius 1 is 0.947 bits per heavy atom. The summed E-state index contributed by atoms with van der Waals surface area (Å²) < 4.78 is 30.9. The number of amides is 2. The Bertz CT molecular complexity index is 1370. The molecular weight excluding hydrogens is 528 g/mol. The molecule has 3 N–H and O–H groups in total. The molecule has 0 spiro atoms. The van der Waals surface area contributed by atoms with E-state index in [0.717, 1.165) is 44.3 Å². The molecule has 9 nitrogen and oxygen atoms in total. The van der Waals surface area contributed by atoms with Crippen molar-refractivity contribution < 1.29 is 22.7 Å². The van der Waals surface area contributed by atoms with Gasteiger partial charge in [0.15, 0.2) is 0 Å². The molecule has 11 heteroatoms. The van der Waals surface area contributed by atoms with Crippen LogP contribution >= 0.6 is 11.6 Å². The van der Waals surface area contributed by atoms with Gasteiger partial charge in [-0.3, -0.25) is 14.4 Å². The fraction of sp³-hybridized carbons (Fsp3) is 0.259. The third-order valence-electron chi connectivity index (χ3n) is 5.99. The van der Waals surface area contributed by atoms with Crippen molar-refractivity contribution in [3.63, 3.8) is 0 Å². The number of hydrogen-bond acceptors (Lipinski definition) is 6. The SMILES string of the molecule is CS(=O)(=O)Nc1ccc(Oc2ccc(CN3CCC(NC(=O)Nc4cccc(C(=O)Cl)c4)CC3)cc2)cc1. The lowest BCUT2D eigenvalue weighted by Gasteiger charge is -2.32. The van der Waals surface area contributed by atoms with Crippen molar-refractivity contribution in [1.29, 1.82) is 0 Å². The molecule has 1 heterocycles. The van der Waals surface area contributed by atoms with Crippen LogP contribution in [0.3, 0.4) is 0 Å². The molecule has 3 aromatic rings.